The molecule has 5 heteroatoms. The Kier molecular flexibility index (Phi) is 13.7. The third kappa shape index (κ3) is 9.81. The van der Waals surface area contributed by atoms with Gasteiger partial charge in [-0.1, -0.05) is 78.6 Å². The molecule has 0 heterocycles. The van der Waals surface area contributed by atoms with Gasteiger partial charge in [-0.25, -0.2) is 0 Å². The first-order valence-corrected chi connectivity index (χ1v) is 10.2. The van der Waals surface area contributed by atoms with Crippen molar-refractivity contribution in [1.29, 1.82) is 0 Å². The topological polar surface area (TPSA) is 9.23 Å². The SMILES string of the molecule is CCCCCCOC(CCCCC)C(F)(F)C(F)(F)CCCCCC. The van der Waals surface area contributed by atoms with Gasteiger partial charge in [0.2, 0.25) is 0 Å². The lowest BCUT2D eigenvalue weighted by molar-refractivity contribution is -0.266. The van der Waals surface area contributed by atoms with E-state index in [-0.39, 0.29) is 19.4 Å². The van der Waals surface area contributed by atoms with Crippen molar-refractivity contribution in [3.8, 4) is 0 Å². The van der Waals surface area contributed by atoms with Crippen molar-refractivity contribution < 1.29 is 22.3 Å². The molecular weight excluding hydrogens is 332 g/mol. The fourth-order valence-electron chi connectivity index (χ4n) is 2.88. The zero-order valence-electron chi connectivity index (χ0n) is 16.4. The molecule has 0 bridgehead atoms. The highest BCUT2D eigenvalue weighted by atomic mass is 19.3. The average molecular weight is 371 g/mol. The van der Waals surface area contributed by atoms with E-state index in [1.807, 2.05) is 13.8 Å². The van der Waals surface area contributed by atoms with Gasteiger partial charge in [-0.05, 0) is 19.3 Å². The van der Waals surface area contributed by atoms with E-state index in [9.17, 15) is 17.6 Å². The van der Waals surface area contributed by atoms with Crippen molar-refractivity contribution in [3.63, 3.8) is 0 Å². The smallest absolute Gasteiger partial charge is 0.335 e. The largest absolute Gasteiger partial charge is 0.372 e. The minimum absolute atomic E-state index is 0.000826. The van der Waals surface area contributed by atoms with Gasteiger partial charge < -0.3 is 4.74 Å². The molecule has 0 radical (unpaired) electrons. The van der Waals surface area contributed by atoms with Gasteiger partial charge in [0.05, 0.1) is 0 Å². The first kappa shape index (κ1) is 24.7. The van der Waals surface area contributed by atoms with Crippen molar-refractivity contribution >= 4 is 0 Å². The van der Waals surface area contributed by atoms with E-state index in [1.54, 1.807) is 0 Å². The number of rotatable bonds is 17. The summed E-state index contributed by atoms with van der Waals surface area (Å²) in [5.74, 6) is -8.10. The van der Waals surface area contributed by atoms with Crippen molar-refractivity contribution in [2.45, 2.75) is 122 Å². The first-order valence-electron chi connectivity index (χ1n) is 10.2. The van der Waals surface area contributed by atoms with E-state index < -0.39 is 24.4 Å². The normalized spacial score (nSPS) is 14.0. The van der Waals surface area contributed by atoms with E-state index in [4.69, 9.17) is 4.74 Å². The average Bonchev–Trinajstić information content (AvgIpc) is 2.56. The van der Waals surface area contributed by atoms with Crippen LogP contribution in [0.1, 0.15) is 104 Å². The van der Waals surface area contributed by atoms with Crippen LogP contribution in [0.2, 0.25) is 0 Å². The Balaban J connectivity index is 4.71. The summed E-state index contributed by atoms with van der Waals surface area (Å²) in [7, 11) is 0. The van der Waals surface area contributed by atoms with E-state index in [0.717, 1.165) is 44.9 Å². The predicted molar refractivity (Wildman–Crippen MR) is 96.7 cm³/mol. The number of hydrogen-bond acceptors (Lipinski definition) is 1. The van der Waals surface area contributed by atoms with Crippen molar-refractivity contribution in [1.82, 2.24) is 0 Å². The maximum atomic E-state index is 14.5. The molecule has 0 aliphatic rings. The molecule has 0 aromatic heterocycles. The highest BCUT2D eigenvalue weighted by Gasteiger charge is 2.60. The van der Waals surface area contributed by atoms with Crippen LogP contribution >= 0.6 is 0 Å². The number of hydrogen-bond donors (Lipinski definition) is 0. The van der Waals surface area contributed by atoms with E-state index in [2.05, 4.69) is 6.92 Å². The van der Waals surface area contributed by atoms with E-state index in [0.29, 0.717) is 19.3 Å². The van der Waals surface area contributed by atoms with Crippen LogP contribution in [-0.2, 0) is 4.74 Å². The molecule has 0 aliphatic heterocycles. The molecule has 1 nitrogen and oxygen atoms in total. The van der Waals surface area contributed by atoms with Gasteiger partial charge in [-0.15, -0.1) is 0 Å². The summed E-state index contributed by atoms with van der Waals surface area (Å²) in [6.45, 7) is 6.12. The second kappa shape index (κ2) is 13.8. The molecule has 152 valence electrons. The fourth-order valence-corrected chi connectivity index (χ4v) is 2.88. The van der Waals surface area contributed by atoms with Gasteiger partial charge in [0.1, 0.15) is 6.10 Å². The first-order chi connectivity index (χ1) is 11.8. The van der Waals surface area contributed by atoms with Crippen LogP contribution in [0.3, 0.4) is 0 Å². The second-order valence-electron chi connectivity index (χ2n) is 7.05. The van der Waals surface area contributed by atoms with E-state index >= 15 is 0 Å². The molecule has 0 aromatic carbocycles. The molecular formula is C20H38F4O. The second-order valence-corrected chi connectivity index (χ2v) is 7.05. The quantitative estimate of drug-likeness (QED) is 0.188. The monoisotopic (exact) mass is 370 g/mol. The number of alkyl halides is 4. The Hall–Kier alpha value is -0.320. The number of halogens is 4. The van der Waals surface area contributed by atoms with Crippen LogP contribution in [-0.4, -0.2) is 24.6 Å². The molecule has 1 atom stereocenters. The molecule has 0 fully saturated rings. The van der Waals surface area contributed by atoms with Gasteiger partial charge in [-0.3, -0.25) is 0 Å². The lowest BCUT2D eigenvalue weighted by Crippen LogP contribution is -2.51. The highest BCUT2D eigenvalue weighted by molar-refractivity contribution is 4.91. The van der Waals surface area contributed by atoms with E-state index in [1.165, 1.54) is 0 Å². The molecule has 0 aromatic rings. The lowest BCUT2D eigenvalue weighted by Gasteiger charge is -2.33. The Labute approximate surface area is 151 Å². The van der Waals surface area contributed by atoms with Crippen LogP contribution in [0.4, 0.5) is 17.6 Å². The molecule has 0 aliphatic carbocycles. The summed E-state index contributed by atoms with van der Waals surface area (Å²) in [5.41, 5.74) is 0. The fraction of sp³-hybridized carbons (Fsp3) is 1.00. The van der Waals surface area contributed by atoms with Crippen LogP contribution in [0.15, 0.2) is 0 Å². The molecule has 25 heavy (non-hydrogen) atoms. The molecule has 0 spiro atoms. The summed E-state index contributed by atoms with van der Waals surface area (Å²) in [6.07, 6.45) is 5.65. The highest BCUT2D eigenvalue weighted by Crippen LogP contribution is 2.43. The van der Waals surface area contributed by atoms with Crippen LogP contribution < -0.4 is 0 Å². The Morgan fingerprint density at radius 3 is 1.76 bits per heavy atom. The maximum absolute atomic E-state index is 14.5. The van der Waals surface area contributed by atoms with Gasteiger partial charge in [0.25, 0.3) is 0 Å². The molecule has 0 saturated heterocycles. The van der Waals surface area contributed by atoms with Gasteiger partial charge in [0, 0.05) is 13.0 Å². The molecule has 0 amide bonds. The summed E-state index contributed by atoms with van der Waals surface area (Å²) < 4.78 is 62.7. The Morgan fingerprint density at radius 1 is 0.680 bits per heavy atom. The molecule has 1 unspecified atom stereocenters. The third-order valence-corrected chi connectivity index (χ3v) is 4.62. The van der Waals surface area contributed by atoms with Gasteiger partial charge in [-0.2, -0.15) is 17.6 Å². The summed E-state index contributed by atoms with van der Waals surface area (Å²) >= 11 is 0. The predicted octanol–water partition coefficient (Wildman–Crippen LogP) is 7.77. The minimum atomic E-state index is -4.10. The van der Waals surface area contributed by atoms with Gasteiger partial charge >= 0.3 is 11.8 Å². The zero-order chi connectivity index (χ0) is 19.2. The molecule has 0 rings (SSSR count). The van der Waals surface area contributed by atoms with Crippen LogP contribution in [0.5, 0.6) is 0 Å². The third-order valence-electron chi connectivity index (χ3n) is 4.62. The van der Waals surface area contributed by atoms with Crippen LogP contribution in [0.25, 0.3) is 0 Å². The number of ether oxygens (including phenoxy) is 1. The summed E-state index contributed by atoms with van der Waals surface area (Å²) in [4.78, 5) is 0. The van der Waals surface area contributed by atoms with Gasteiger partial charge in [0.15, 0.2) is 0 Å². The summed E-state index contributed by atoms with van der Waals surface area (Å²) in [5, 5.41) is 0. The lowest BCUT2D eigenvalue weighted by atomic mass is 9.95. The molecule has 0 N–H and O–H groups in total. The maximum Gasteiger partial charge on any atom is 0.335 e. The van der Waals surface area contributed by atoms with Crippen molar-refractivity contribution in [3.05, 3.63) is 0 Å². The minimum Gasteiger partial charge on any atom is -0.372 e. The molecule has 0 saturated carbocycles. The van der Waals surface area contributed by atoms with Crippen molar-refractivity contribution in [2.24, 2.45) is 0 Å². The standard InChI is InChI=1S/C20H38F4O/c1-4-7-10-13-16-19(21,22)20(23,24)18(15-12-9-6-3)25-17-14-11-8-5-2/h18H,4-17H2,1-3H3. The van der Waals surface area contributed by atoms with Crippen LogP contribution in [0, 0.1) is 0 Å². The zero-order valence-corrected chi connectivity index (χ0v) is 16.4. The number of unbranched alkanes of at least 4 members (excludes halogenated alkanes) is 8. The summed E-state index contributed by atoms with van der Waals surface area (Å²) in [6, 6.07) is 0. The Morgan fingerprint density at radius 2 is 1.20 bits per heavy atom. The van der Waals surface area contributed by atoms with Crippen molar-refractivity contribution in [2.75, 3.05) is 6.61 Å². The Bertz CT molecular complexity index is 308.